The second kappa shape index (κ2) is 7.52. The van der Waals surface area contributed by atoms with Gasteiger partial charge in [-0.3, -0.25) is 9.00 Å². The Morgan fingerprint density at radius 3 is 2.90 bits per heavy atom. The Hall–Kier alpha value is -1.24. The highest BCUT2D eigenvalue weighted by molar-refractivity contribution is 7.84. The van der Waals surface area contributed by atoms with Crippen molar-refractivity contribution in [3.8, 4) is 0 Å². The molecule has 0 aromatic carbocycles. The minimum atomic E-state index is -1.17. The Kier molecular flexibility index (Phi) is 5.70. The summed E-state index contributed by atoms with van der Waals surface area (Å²) in [6.07, 6.45) is 9.80. The molecule has 0 saturated heterocycles. The smallest absolute Gasteiger partial charge is 0.221 e. The first-order valence-corrected chi connectivity index (χ1v) is 8.70. The molecule has 1 heterocycles. The van der Waals surface area contributed by atoms with Crippen LogP contribution in [0.5, 0.6) is 0 Å². The van der Waals surface area contributed by atoms with Crippen molar-refractivity contribution in [2.24, 2.45) is 5.92 Å². The zero-order chi connectivity index (χ0) is 14.4. The number of hydrogen-bond acceptors (Lipinski definition) is 4. The van der Waals surface area contributed by atoms with Crippen molar-refractivity contribution in [3.63, 3.8) is 0 Å². The second-order valence-electron chi connectivity index (χ2n) is 5.32. The summed E-state index contributed by atoms with van der Waals surface area (Å²) < 4.78 is 13.1. The van der Waals surface area contributed by atoms with Gasteiger partial charge in [-0.1, -0.05) is 19.3 Å². The summed E-state index contributed by atoms with van der Waals surface area (Å²) in [6, 6.07) is 0. The minimum Gasteiger partial charge on any atom is -0.356 e. The van der Waals surface area contributed by atoms with Crippen LogP contribution in [0.1, 0.15) is 38.5 Å². The highest BCUT2D eigenvalue weighted by Crippen LogP contribution is 2.22. The summed E-state index contributed by atoms with van der Waals surface area (Å²) in [5, 5.41) is 10.9. The van der Waals surface area contributed by atoms with E-state index in [0.29, 0.717) is 24.0 Å². The van der Waals surface area contributed by atoms with Gasteiger partial charge in [0.1, 0.15) is 6.33 Å². The third-order valence-corrected chi connectivity index (χ3v) is 4.56. The lowest BCUT2D eigenvalue weighted by Gasteiger charge is -2.21. The van der Waals surface area contributed by atoms with E-state index in [9.17, 15) is 9.00 Å². The van der Waals surface area contributed by atoms with Gasteiger partial charge in [0.15, 0.2) is 0 Å². The van der Waals surface area contributed by atoms with E-state index in [-0.39, 0.29) is 5.91 Å². The Morgan fingerprint density at radius 2 is 2.20 bits per heavy atom. The van der Waals surface area contributed by atoms with E-state index in [1.54, 1.807) is 10.8 Å². The number of hydrogen-bond donors (Lipinski definition) is 1. The number of aryl methyl sites for hydroxylation is 1. The van der Waals surface area contributed by atoms with Crippen molar-refractivity contribution >= 4 is 16.7 Å². The van der Waals surface area contributed by atoms with E-state index in [4.69, 9.17) is 0 Å². The van der Waals surface area contributed by atoms with Gasteiger partial charge < -0.3 is 9.88 Å². The lowest BCUT2D eigenvalue weighted by atomic mass is 9.89. The minimum absolute atomic E-state index is 0.0390. The summed E-state index contributed by atoms with van der Waals surface area (Å²) >= 11 is 0. The molecule has 7 heteroatoms. The van der Waals surface area contributed by atoms with Crippen LogP contribution in [0.4, 0.5) is 0 Å². The molecule has 20 heavy (non-hydrogen) atoms. The fraction of sp³-hybridized carbons (Fsp3) is 0.769. The van der Waals surface area contributed by atoms with Crippen molar-refractivity contribution in [1.29, 1.82) is 0 Å². The van der Waals surface area contributed by atoms with Gasteiger partial charge in [0.05, 0.1) is 10.8 Å². The standard InChI is InChI=1S/C13H22N4O2S/c1-20(19)13-16-15-10-17(13)8-7-12(18)14-9-11-5-3-2-4-6-11/h10-11H,2-9H2,1H3,(H,14,18)/t20-/m1/s1. The van der Waals surface area contributed by atoms with Crippen LogP contribution in [0.15, 0.2) is 11.5 Å². The van der Waals surface area contributed by atoms with Crippen LogP contribution in [-0.4, -0.2) is 37.7 Å². The quantitative estimate of drug-likeness (QED) is 0.853. The van der Waals surface area contributed by atoms with Crippen molar-refractivity contribution in [2.75, 3.05) is 12.8 Å². The summed E-state index contributed by atoms with van der Waals surface area (Å²) in [5.41, 5.74) is 0. The number of nitrogens with zero attached hydrogens (tertiary/aromatic N) is 3. The molecular weight excluding hydrogens is 276 g/mol. The van der Waals surface area contributed by atoms with Gasteiger partial charge >= 0.3 is 0 Å². The van der Waals surface area contributed by atoms with Crippen LogP contribution in [0.2, 0.25) is 0 Å². The lowest BCUT2D eigenvalue weighted by Crippen LogP contribution is -2.30. The number of nitrogens with one attached hydrogen (secondary N) is 1. The van der Waals surface area contributed by atoms with Gasteiger partial charge in [0, 0.05) is 25.8 Å². The van der Waals surface area contributed by atoms with E-state index in [0.717, 1.165) is 6.54 Å². The summed E-state index contributed by atoms with van der Waals surface area (Å²) in [7, 11) is -1.17. The van der Waals surface area contributed by atoms with Gasteiger partial charge in [0.25, 0.3) is 0 Å². The molecule has 1 aromatic heterocycles. The molecule has 0 aliphatic heterocycles. The van der Waals surface area contributed by atoms with Gasteiger partial charge in [0.2, 0.25) is 11.1 Å². The Labute approximate surface area is 121 Å². The van der Waals surface area contributed by atoms with Gasteiger partial charge in [-0.25, -0.2) is 0 Å². The number of amides is 1. The van der Waals surface area contributed by atoms with Crippen molar-refractivity contribution in [1.82, 2.24) is 20.1 Å². The third kappa shape index (κ3) is 4.40. The molecule has 1 aliphatic carbocycles. The topological polar surface area (TPSA) is 76.9 Å². The Bertz CT molecular complexity index is 469. The summed E-state index contributed by atoms with van der Waals surface area (Å²) in [5.74, 6) is 0.679. The molecule has 1 saturated carbocycles. The lowest BCUT2D eigenvalue weighted by molar-refractivity contribution is -0.121. The molecule has 0 bridgehead atoms. The fourth-order valence-corrected chi connectivity index (χ4v) is 3.21. The van der Waals surface area contributed by atoms with Crippen LogP contribution in [0.3, 0.4) is 0 Å². The van der Waals surface area contributed by atoms with Crippen molar-refractivity contribution in [2.45, 2.75) is 50.2 Å². The van der Waals surface area contributed by atoms with Crippen molar-refractivity contribution < 1.29 is 9.00 Å². The van der Waals surface area contributed by atoms with Crippen LogP contribution < -0.4 is 5.32 Å². The predicted octanol–water partition coefficient (Wildman–Crippen LogP) is 1.10. The van der Waals surface area contributed by atoms with E-state index >= 15 is 0 Å². The maximum atomic E-state index is 11.8. The highest BCUT2D eigenvalue weighted by atomic mass is 32.2. The maximum absolute atomic E-state index is 11.8. The van der Waals surface area contributed by atoms with Crippen LogP contribution in [0, 0.1) is 5.92 Å². The Morgan fingerprint density at radius 1 is 1.45 bits per heavy atom. The first kappa shape index (κ1) is 15.2. The fourth-order valence-electron chi connectivity index (χ4n) is 2.58. The zero-order valence-electron chi connectivity index (χ0n) is 11.9. The third-order valence-electron chi connectivity index (χ3n) is 3.73. The van der Waals surface area contributed by atoms with Crippen LogP contribution in [-0.2, 0) is 22.1 Å². The van der Waals surface area contributed by atoms with E-state index in [1.165, 1.54) is 38.4 Å². The molecule has 112 valence electrons. The number of carbonyl (C=O) groups is 1. The molecular formula is C13H22N4O2S. The number of rotatable bonds is 6. The molecule has 0 unspecified atom stereocenters. The van der Waals surface area contributed by atoms with Gasteiger partial charge in [-0.05, 0) is 18.8 Å². The molecule has 1 N–H and O–H groups in total. The average molecular weight is 298 g/mol. The second-order valence-corrected chi connectivity index (χ2v) is 6.59. The molecule has 0 radical (unpaired) electrons. The number of aromatic nitrogens is 3. The maximum Gasteiger partial charge on any atom is 0.221 e. The SMILES string of the molecule is C[S@@](=O)c1nncn1CCC(=O)NCC1CCCCC1. The average Bonchev–Trinajstić information content (AvgIpc) is 2.92. The normalized spacial score (nSPS) is 17.9. The first-order chi connectivity index (χ1) is 9.66. The van der Waals surface area contributed by atoms with Gasteiger partial charge in [-0.15, -0.1) is 10.2 Å². The predicted molar refractivity (Wildman–Crippen MR) is 76.6 cm³/mol. The Balaban J connectivity index is 1.71. The molecule has 0 spiro atoms. The van der Waals surface area contributed by atoms with Crippen LogP contribution in [0.25, 0.3) is 0 Å². The highest BCUT2D eigenvalue weighted by Gasteiger charge is 2.14. The van der Waals surface area contributed by atoms with Crippen LogP contribution >= 0.6 is 0 Å². The summed E-state index contributed by atoms with van der Waals surface area (Å²) in [4.78, 5) is 11.8. The largest absolute Gasteiger partial charge is 0.356 e. The molecule has 1 aromatic rings. The monoisotopic (exact) mass is 298 g/mol. The molecule has 1 fully saturated rings. The molecule has 2 rings (SSSR count). The first-order valence-electron chi connectivity index (χ1n) is 7.14. The molecule has 1 atom stereocenters. The van der Waals surface area contributed by atoms with E-state index in [1.807, 2.05) is 0 Å². The van der Waals surface area contributed by atoms with Crippen molar-refractivity contribution in [3.05, 3.63) is 6.33 Å². The molecule has 1 amide bonds. The van der Waals surface area contributed by atoms with Gasteiger partial charge in [-0.2, -0.15) is 0 Å². The molecule has 1 aliphatic rings. The number of carbonyl (C=O) groups excluding carboxylic acids is 1. The summed E-state index contributed by atoms with van der Waals surface area (Å²) in [6.45, 7) is 1.26. The van der Waals surface area contributed by atoms with E-state index in [2.05, 4.69) is 15.5 Å². The van der Waals surface area contributed by atoms with E-state index < -0.39 is 10.8 Å². The zero-order valence-corrected chi connectivity index (χ0v) is 12.7. The molecule has 6 nitrogen and oxygen atoms in total.